The lowest BCUT2D eigenvalue weighted by molar-refractivity contribution is -0.118. The van der Waals surface area contributed by atoms with Gasteiger partial charge in [0, 0.05) is 10.7 Å². The summed E-state index contributed by atoms with van der Waals surface area (Å²) in [5.74, 6) is -2.25. The van der Waals surface area contributed by atoms with E-state index in [9.17, 15) is 17.6 Å². The highest BCUT2D eigenvalue weighted by atomic mass is 35.5. The lowest BCUT2D eigenvalue weighted by Gasteiger charge is -2.15. The number of hydrogen-bond acceptors (Lipinski definition) is 3. The van der Waals surface area contributed by atoms with Crippen LogP contribution in [0.15, 0.2) is 42.5 Å². The molecule has 134 valence electrons. The summed E-state index contributed by atoms with van der Waals surface area (Å²) in [7, 11) is -3.81. The number of amides is 1. The minimum atomic E-state index is -3.81. The molecule has 2 aromatic rings. The maximum absolute atomic E-state index is 13.1. The molecule has 0 spiro atoms. The third kappa shape index (κ3) is 5.44. The molecular weight excluding hydrogens is 367 g/mol. The Bertz CT molecular complexity index is 887. The van der Waals surface area contributed by atoms with Gasteiger partial charge in [-0.15, -0.1) is 0 Å². The summed E-state index contributed by atoms with van der Waals surface area (Å²) in [5, 5.41) is 3.18. The van der Waals surface area contributed by atoms with Crippen molar-refractivity contribution >= 4 is 38.9 Å². The molecule has 2 N–H and O–H groups in total. The van der Waals surface area contributed by atoms with Crippen molar-refractivity contribution in [1.29, 1.82) is 0 Å². The summed E-state index contributed by atoms with van der Waals surface area (Å²) in [4.78, 5) is 12.3. The van der Waals surface area contributed by atoms with Gasteiger partial charge in [-0.2, -0.15) is 0 Å². The Kier molecular flexibility index (Phi) is 6.02. The minimum absolute atomic E-state index is 0.110. The van der Waals surface area contributed by atoms with Crippen LogP contribution >= 0.6 is 11.6 Å². The number of carbonyl (C=O) groups is 1. The van der Waals surface area contributed by atoms with E-state index >= 15 is 0 Å². The van der Waals surface area contributed by atoms with Crippen molar-refractivity contribution in [3.8, 4) is 0 Å². The molecule has 1 atom stereocenters. The van der Waals surface area contributed by atoms with Gasteiger partial charge in [-0.1, -0.05) is 30.7 Å². The van der Waals surface area contributed by atoms with E-state index in [1.54, 1.807) is 25.1 Å². The largest absolute Gasteiger partial charge is 0.326 e. The van der Waals surface area contributed by atoms with Crippen LogP contribution in [-0.2, 0) is 14.8 Å². The van der Waals surface area contributed by atoms with Crippen molar-refractivity contribution in [2.45, 2.75) is 13.8 Å². The lowest BCUT2D eigenvalue weighted by atomic mass is 10.1. The standard InChI is InChI=1S/C17H18ClFN2O3S/c1-11(17(22)20-16-8-4-7-15(18)12(16)2)10-25(23,24)21-14-6-3-5-13(19)9-14/h3-9,11,21H,10H2,1-2H3,(H,20,22). The molecule has 0 aromatic heterocycles. The molecule has 2 rings (SSSR count). The number of nitrogens with one attached hydrogen (secondary N) is 2. The first kappa shape index (κ1) is 19.2. The van der Waals surface area contributed by atoms with Crippen LogP contribution < -0.4 is 10.0 Å². The van der Waals surface area contributed by atoms with Gasteiger partial charge >= 0.3 is 0 Å². The Morgan fingerprint density at radius 1 is 1.24 bits per heavy atom. The third-order valence-corrected chi connectivity index (χ3v) is 5.44. The second-order valence-corrected chi connectivity index (χ2v) is 7.87. The Balaban J connectivity index is 2.03. The highest BCUT2D eigenvalue weighted by Gasteiger charge is 2.22. The number of sulfonamides is 1. The molecule has 0 radical (unpaired) electrons. The molecular formula is C17H18ClFN2O3S. The molecule has 0 fully saturated rings. The second kappa shape index (κ2) is 7.84. The predicted molar refractivity (Wildman–Crippen MR) is 97.8 cm³/mol. The Labute approximate surface area is 151 Å². The van der Waals surface area contributed by atoms with Crippen LogP contribution in [0.2, 0.25) is 5.02 Å². The van der Waals surface area contributed by atoms with Crippen molar-refractivity contribution in [3.05, 3.63) is 58.9 Å². The van der Waals surface area contributed by atoms with Crippen molar-refractivity contribution in [2.24, 2.45) is 5.92 Å². The Morgan fingerprint density at radius 3 is 2.60 bits per heavy atom. The van der Waals surface area contributed by atoms with Crippen LogP contribution in [0, 0.1) is 18.7 Å². The highest BCUT2D eigenvalue weighted by Crippen LogP contribution is 2.23. The molecule has 1 unspecified atom stereocenters. The number of rotatable bonds is 6. The van der Waals surface area contributed by atoms with Crippen LogP contribution in [0.3, 0.4) is 0 Å². The van der Waals surface area contributed by atoms with Crippen molar-refractivity contribution < 1.29 is 17.6 Å². The fraction of sp³-hybridized carbons (Fsp3) is 0.235. The van der Waals surface area contributed by atoms with Gasteiger partial charge < -0.3 is 5.32 Å². The Morgan fingerprint density at radius 2 is 1.92 bits per heavy atom. The van der Waals surface area contributed by atoms with Gasteiger partial charge in [0.25, 0.3) is 0 Å². The smallest absolute Gasteiger partial charge is 0.233 e. The maximum Gasteiger partial charge on any atom is 0.233 e. The van der Waals surface area contributed by atoms with Gasteiger partial charge in [0.1, 0.15) is 5.82 Å². The van der Waals surface area contributed by atoms with Crippen molar-refractivity contribution in [1.82, 2.24) is 0 Å². The van der Waals surface area contributed by atoms with E-state index in [4.69, 9.17) is 11.6 Å². The molecule has 0 aliphatic rings. The van der Waals surface area contributed by atoms with E-state index in [0.29, 0.717) is 16.3 Å². The number of carbonyl (C=O) groups excluding carboxylic acids is 1. The zero-order chi connectivity index (χ0) is 18.6. The van der Waals surface area contributed by atoms with Crippen LogP contribution in [0.1, 0.15) is 12.5 Å². The zero-order valence-electron chi connectivity index (χ0n) is 13.7. The van der Waals surface area contributed by atoms with Crippen LogP contribution in [0.4, 0.5) is 15.8 Å². The molecule has 0 heterocycles. The summed E-state index contributed by atoms with van der Waals surface area (Å²) >= 11 is 6.00. The van der Waals surface area contributed by atoms with Gasteiger partial charge in [-0.25, -0.2) is 12.8 Å². The summed E-state index contributed by atoms with van der Waals surface area (Å²) in [5.41, 5.74) is 1.34. The lowest BCUT2D eigenvalue weighted by Crippen LogP contribution is -2.30. The van der Waals surface area contributed by atoms with Gasteiger partial charge in [0.05, 0.1) is 17.4 Å². The quantitative estimate of drug-likeness (QED) is 0.795. The van der Waals surface area contributed by atoms with Crippen molar-refractivity contribution in [3.63, 3.8) is 0 Å². The van der Waals surface area contributed by atoms with Gasteiger partial charge in [0.15, 0.2) is 0 Å². The first-order valence-corrected chi connectivity index (χ1v) is 9.53. The molecule has 0 saturated carbocycles. The minimum Gasteiger partial charge on any atom is -0.326 e. The second-order valence-electron chi connectivity index (χ2n) is 5.70. The van der Waals surface area contributed by atoms with Crippen LogP contribution in [0.5, 0.6) is 0 Å². The average Bonchev–Trinajstić information content (AvgIpc) is 2.50. The first-order valence-electron chi connectivity index (χ1n) is 7.50. The SMILES string of the molecule is Cc1c(Cl)cccc1NC(=O)C(C)CS(=O)(=O)Nc1cccc(F)c1. The number of hydrogen-bond donors (Lipinski definition) is 2. The van der Waals surface area contributed by atoms with Crippen LogP contribution in [0.25, 0.3) is 0 Å². The molecule has 0 aliphatic heterocycles. The summed E-state index contributed by atoms with van der Waals surface area (Å²) < 4.78 is 39.7. The van der Waals surface area contributed by atoms with Crippen LogP contribution in [-0.4, -0.2) is 20.1 Å². The number of anilines is 2. The molecule has 2 aromatic carbocycles. The van der Waals surface area contributed by atoms with E-state index < -0.39 is 33.4 Å². The molecule has 0 aliphatic carbocycles. The first-order chi connectivity index (χ1) is 11.7. The van der Waals surface area contributed by atoms with E-state index in [1.165, 1.54) is 25.1 Å². The van der Waals surface area contributed by atoms with Crippen molar-refractivity contribution in [2.75, 3.05) is 15.8 Å². The average molecular weight is 385 g/mol. The van der Waals surface area contributed by atoms with E-state index in [1.807, 2.05) is 0 Å². The fourth-order valence-corrected chi connectivity index (χ4v) is 3.73. The normalized spacial score (nSPS) is 12.5. The third-order valence-electron chi connectivity index (χ3n) is 3.54. The number of benzene rings is 2. The molecule has 5 nitrogen and oxygen atoms in total. The molecule has 0 saturated heterocycles. The summed E-state index contributed by atoms with van der Waals surface area (Å²) in [6, 6.07) is 10.2. The molecule has 25 heavy (non-hydrogen) atoms. The Hall–Kier alpha value is -2.12. The maximum atomic E-state index is 13.1. The van der Waals surface area contributed by atoms with Gasteiger partial charge in [0.2, 0.25) is 15.9 Å². The van der Waals surface area contributed by atoms with Gasteiger partial charge in [-0.3, -0.25) is 9.52 Å². The monoisotopic (exact) mass is 384 g/mol. The summed E-state index contributed by atoms with van der Waals surface area (Å²) in [6.07, 6.45) is 0. The summed E-state index contributed by atoms with van der Waals surface area (Å²) in [6.45, 7) is 3.25. The van der Waals surface area contributed by atoms with E-state index in [2.05, 4.69) is 10.0 Å². The topological polar surface area (TPSA) is 75.3 Å². The predicted octanol–water partition coefficient (Wildman–Crippen LogP) is 3.80. The fourth-order valence-electron chi connectivity index (χ4n) is 2.18. The zero-order valence-corrected chi connectivity index (χ0v) is 15.3. The van der Waals surface area contributed by atoms with Gasteiger partial charge in [-0.05, 0) is 42.8 Å². The molecule has 1 amide bonds. The molecule has 0 bridgehead atoms. The van der Waals surface area contributed by atoms with E-state index in [-0.39, 0.29) is 5.69 Å². The highest BCUT2D eigenvalue weighted by molar-refractivity contribution is 7.92. The number of halogens is 2. The van der Waals surface area contributed by atoms with E-state index in [0.717, 1.165) is 6.07 Å². The molecule has 8 heteroatoms.